The van der Waals surface area contributed by atoms with Crippen molar-refractivity contribution in [2.24, 2.45) is 11.7 Å². The lowest BCUT2D eigenvalue weighted by Crippen LogP contribution is -2.32. The lowest BCUT2D eigenvalue weighted by atomic mass is 10.2. The maximum absolute atomic E-state index is 11.7. The molecule has 0 aliphatic carbocycles. The topological polar surface area (TPSA) is 68.0 Å². The number of thioether (sulfide) groups is 1. The predicted octanol–water partition coefficient (Wildman–Crippen LogP) is 2.10. The Hall–Kier alpha value is -1.11. The third-order valence-electron chi connectivity index (χ3n) is 2.65. The zero-order valence-electron chi connectivity index (χ0n) is 10.8. The third-order valence-corrected chi connectivity index (χ3v) is 4.83. The van der Waals surface area contributed by atoms with Crippen LogP contribution in [-0.2, 0) is 4.79 Å². The van der Waals surface area contributed by atoms with Crippen LogP contribution in [-0.4, -0.2) is 29.7 Å². The van der Waals surface area contributed by atoms with Crippen molar-refractivity contribution in [1.82, 2.24) is 10.3 Å². The fourth-order valence-corrected chi connectivity index (χ4v) is 3.36. The second kappa shape index (κ2) is 6.88. The number of para-hydroxylation sites is 1. The number of nitrogens with one attached hydrogen (secondary N) is 1. The van der Waals surface area contributed by atoms with E-state index in [9.17, 15) is 4.79 Å². The Kier molecular flexibility index (Phi) is 5.18. The predicted molar refractivity (Wildman–Crippen MR) is 81.6 cm³/mol. The summed E-state index contributed by atoms with van der Waals surface area (Å²) in [4.78, 5) is 16.1. The normalized spacial score (nSPS) is 12.5. The first-order valence-corrected chi connectivity index (χ1v) is 7.94. The summed E-state index contributed by atoms with van der Waals surface area (Å²) < 4.78 is 2.09. The summed E-state index contributed by atoms with van der Waals surface area (Å²) in [5, 5.41) is 2.87. The van der Waals surface area contributed by atoms with Gasteiger partial charge in [-0.3, -0.25) is 4.79 Å². The van der Waals surface area contributed by atoms with Gasteiger partial charge in [0.15, 0.2) is 4.34 Å². The first-order chi connectivity index (χ1) is 9.19. The molecule has 2 rings (SSSR count). The van der Waals surface area contributed by atoms with Gasteiger partial charge >= 0.3 is 0 Å². The highest BCUT2D eigenvalue weighted by molar-refractivity contribution is 8.01. The van der Waals surface area contributed by atoms with Gasteiger partial charge in [0.05, 0.1) is 16.0 Å². The molecule has 1 heterocycles. The summed E-state index contributed by atoms with van der Waals surface area (Å²) in [5.74, 6) is 0.748. The molecule has 0 spiro atoms. The zero-order chi connectivity index (χ0) is 13.7. The molecule has 1 unspecified atom stereocenters. The number of carbonyl (C=O) groups excluding carboxylic acids is 1. The van der Waals surface area contributed by atoms with Gasteiger partial charge in [-0.05, 0) is 24.6 Å². The highest BCUT2D eigenvalue weighted by Gasteiger charge is 2.08. The highest BCUT2D eigenvalue weighted by atomic mass is 32.2. The van der Waals surface area contributed by atoms with Gasteiger partial charge in [0.1, 0.15) is 0 Å². The van der Waals surface area contributed by atoms with E-state index in [0.29, 0.717) is 24.8 Å². The Morgan fingerprint density at radius 2 is 2.32 bits per heavy atom. The van der Waals surface area contributed by atoms with Crippen molar-refractivity contribution >= 4 is 39.2 Å². The quantitative estimate of drug-likeness (QED) is 0.801. The van der Waals surface area contributed by atoms with Gasteiger partial charge in [-0.2, -0.15) is 0 Å². The molecule has 3 N–H and O–H groups in total. The Labute approximate surface area is 120 Å². The molecule has 0 radical (unpaired) electrons. The summed E-state index contributed by atoms with van der Waals surface area (Å²) >= 11 is 3.10. The minimum Gasteiger partial charge on any atom is -0.355 e. The molecule has 0 aliphatic heterocycles. The SMILES string of the molecule is CC(CN)CNC(=O)CSc1nc2ccccc2s1. The average Bonchev–Trinajstić information content (AvgIpc) is 2.85. The van der Waals surface area contributed by atoms with Gasteiger partial charge in [-0.15, -0.1) is 11.3 Å². The number of nitrogens with two attached hydrogens (primary N) is 1. The van der Waals surface area contributed by atoms with Crippen LogP contribution >= 0.6 is 23.1 Å². The van der Waals surface area contributed by atoms with E-state index in [1.807, 2.05) is 31.2 Å². The minimum absolute atomic E-state index is 0.0320. The van der Waals surface area contributed by atoms with Gasteiger partial charge in [0, 0.05) is 6.54 Å². The molecule has 1 amide bonds. The van der Waals surface area contributed by atoms with Gasteiger partial charge in [0.2, 0.25) is 5.91 Å². The number of benzene rings is 1. The zero-order valence-corrected chi connectivity index (χ0v) is 12.4. The molecule has 1 aromatic carbocycles. The van der Waals surface area contributed by atoms with Crippen LogP contribution in [0.5, 0.6) is 0 Å². The Bertz CT molecular complexity index is 523. The van der Waals surface area contributed by atoms with Gasteiger partial charge in [-0.1, -0.05) is 30.8 Å². The molecule has 19 heavy (non-hydrogen) atoms. The standard InChI is InChI=1S/C13H17N3OS2/c1-9(6-14)7-15-12(17)8-18-13-16-10-4-2-3-5-11(10)19-13/h2-5,9H,6-8,14H2,1H3,(H,15,17). The van der Waals surface area contributed by atoms with Crippen molar-refractivity contribution in [3.05, 3.63) is 24.3 Å². The van der Waals surface area contributed by atoms with E-state index in [0.717, 1.165) is 14.6 Å². The number of hydrogen-bond acceptors (Lipinski definition) is 5. The molecule has 2 aromatic rings. The Morgan fingerprint density at radius 1 is 1.53 bits per heavy atom. The fourth-order valence-electron chi connectivity index (χ4n) is 1.46. The average molecular weight is 295 g/mol. The van der Waals surface area contributed by atoms with Crippen LogP contribution < -0.4 is 11.1 Å². The molecule has 4 nitrogen and oxygen atoms in total. The van der Waals surface area contributed by atoms with E-state index < -0.39 is 0 Å². The lowest BCUT2D eigenvalue weighted by molar-refractivity contribution is -0.118. The monoisotopic (exact) mass is 295 g/mol. The Balaban J connectivity index is 1.83. The molecule has 0 aliphatic rings. The molecule has 1 aromatic heterocycles. The summed E-state index contributed by atoms with van der Waals surface area (Å²) in [7, 11) is 0. The van der Waals surface area contributed by atoms with Crippen molar-refractivity contribution < 1.29 is 4.79 Å². The molecule has 0 bridgehead atoms. The highest BCUT2D eigenvalue weighted by Crippen LogP contribution is 2.28. The molecule has 0 saturated heterocycles. The van der Waals surface area contributed by atoms with Crippen LogP contribution in [0.25, 0.3) is 10.2 Å². The summed E-state index contributed by atoms with van der Waals surface area (Å²) in [5.41, 5.74) is 6.49. The van der Waals surface area contributed by atoms with Gasteiger partial charge < -0.3 is 11.1 Å². The van der Waals surface area contributed by atoms with E-state index >= 15 is 0 Å². The number of carbonyl (C=O) groups is 1. The summed E-state index contributed by atoms with van der Waals surface area (Å²) in [6, 6.07) is 7.99. The molecular weight excluding hydrogens is 278 g/mol. The lowest BCUT2D eigenvalue weighted by Gasteiger charge is -2.09. The van der Waals surface area contributed by atoms with Crippen molar-refractivity contribution in [2.75, 3.05) is 18.8 Å². The van der Waals surface area contributed by atoms with Crippen LogP contribution in [0.15, 0.2) is 28.6 Å². The largest absolute Gasteiger partial charge is 0.355 e. The number of rotatable bonds is 6. The molecule has 0 saturated carbocycles. The van der Waals surface area contributed by atoms with E-state index in [4.69, 9.17) is 5.73 Å². The number of fused-ring (bicyclic) bond motifs is 1. The maximum atomic E-state index is 11.7. The van der Waals surface area contributed by atoms with Crippen molar-refractivity contribution in [3.8, 4) is 0 Å². The Morgan fingerprint density at radius 3 is 3.05 bits per heavy atom. The third kappa shape index (κ3) is 4.19. The van der Waals surface area contributed by atoms with Crippen molar-refractivity contribution in [3.63, 3.8) is 0 Å². The van der Waals surface area contributed by atoms with E-state index in [-0.39, 0.29) is 5.91 Å². The van der Waals surface area contributed by atoms with Crippen molar-refractivity contribution in [1.29, 1.82) is 0 Å². The smallest absolute Gasteiger partial charge is 0.230 e. The second-order valence-electron chi connectivity index (χ2n) is 4.38. The first-order valence-electron chi connectivity index (χ1n) is 6.14. The first kappa shape index (κ1) is 14.3. The maximum Gasteiger partial charge on any atom is 0.230 e. The van der Waals surface area contributed by atoms with Crippen LogP contribution in [0.1, 0.15) is 6.92 Å². The summed E-state index contributed by atoms with van der Waals surface area (Å²) in [6.07, 6.45) is 0. The van der Waals surface area contributed by atoms with E-state index in [1.165, 1.54) is 11.8 Å². The number of hydrogen-bond donors (Lipinski definition) is 2. The second-order valence-corrected chi connectivity index (χ2v) is 6.63. The molecular formula is C13H17N3OS2. The van der Waals surface area contributed by atoms with Gasteiger partial charge in [-0.25, -0.2) is 4.98 Å². The van der Waals surface area contributed by atoms with Crippen LogP contribution in [0, 0.1) is 5.92 Å². The van der Waals surface area contributed by atoms with Gasteiger partial charge in [0.25, 0.3) is 0 Å². The minimum atomic E-state index is 0.0320. The summed E-state index contributed by atoms with van der Waals surface area (Å²) in [6.45, 7) is 3.24. The fraction of sp³-hybridized carbons (Fsp3) is 0.385. The van der Waals surface area contributed by atoms with Crippen LogP contribution in [0.4, 0.5) is 0 Å². The molecule has 102 valence electrons. The number of thiazole rings is 1. The number of amides is 1. The number of nitrogens with zero attached hydrogens (tertiary/aromatic N) is 1. The van der Waals surface area contributed by atoms with Crippen molar-refractivity contribution in [2.45, 2.75) is 11.3 Å². The van der Waals surface area contributed by atoms with Crippen LogP contribution in [0.2, 0.25) is 0 Å². The number of aromatic nitrogens is 1. The van der Waals surface area contributed by atoms with Crippen LogP contribution in [0.3, 0.4) is 0 Å². The van der Waals surface area contributed by atoms with E-state index in [1.54, 1.807) is 11.3 Å². The molecule has 6 heteroatoms. The molecule has 1 atom stereocenters. The molecule has 0 fully saturated rings. The van der Waals surface area contributed by atoms with E-state index in [2.05, 4.69) is 10.3 Å².